The molecule has 1 unspecified atom stereocenters. The van der Waals surface area contributed by atoms with Gasteiger partial charge in [-0.2, -0.15) is 13.2 Å². The first-order valence-electron chi connectivity index (χ1n) is 9.56. The van der Waals surface area contributed by atoms with Gasteiger partial charge in [-0.05, 0) is 42.8 Å². The quantitative estimate of drug-likeness (QED) is 0.520. The molecule has 31 heavy (non-hydrogen) atoms. The van der Waals surface area contributed by atoms with Crippen molar-refractivity contribution in [3.8, 4) is 5.75 Å². The molecule has 0 aliphatic carbocycles. The fraction of sp³-hybridized carbons (Fsp3) is 0.273. The van der Waals surface area contributed by atoms with Crippen LogP contribution in [0.3, 0.4) is 0 Å². The lowest BCUT2D eigenvalue weighted by atomic mass is 10.1. The molecule has 2 heterocycles. The molecule has 1 atom stereocenters. The minimum atomic E-state index is -4.50. The van der Waals surface area contributed by atoms with Crippen LogP contribution in [0.1, 0.15) is 18.9 Å². The highest BCUT2D eigenvalue weighted by Crippen LogP contribution is 2.41. The molecule has 9 heteroatoms. The predicted octanol–water partition coefficient (Wildman–Crippen LogP) is 5.11. The Morgan fingerprint density at radius 1 is 1.19 bits per heavy atom. The van der Waals surface area contributed by atoms with Crippen molar-refractivity contribution in [2.75, 3.05) is 18.1 Å². The number of hydrogen-bond donors (Lipinski definition) is 0. The van der Waals surface area contributed by atoms with E-state index in [-0.39, 0.29) is 24.1 Å². The predicted molar refractivity (Wildman–Crippen MR) is 112 cm³/mol. The number of hydrogen-bond acceptors (Lipinski definition) is 5. The highest BCUT2D eigenvalue weighted by molar-refractivity contribution is 8.00. The first-order valence-corrected chi connectivity index (χ1v) is 10.4. The normalized spacial score (nSPS) is 16.6. The summed E-state index contributed by atoms with van der Waals surface area (Å²) in [6, 6.07) is 11.2. The Balaban J connectivity index is 1.57. The van der Waals surface area contributed by atoms with Gasteiger partial charge in [0, 0.05) is 34.2 Å². The van der Waals surface area contributed by atoms with Gasteiger partial charge in [0.2, 0.25) is 0 Å². The smallest absolute Gasteiger partial charge is 0.416 e. The summed E-state index contributed by atoms with van der Waals surface area (Å²) in [4.78, 5) is 26.3. The topological polar surface area (TPSA) is 59.8 Å². The van der Waals surface area contributed by atoms with Gasteiger partial charge in [-0.25, -0.2) is 4.79 Å². The first-order chi connectivity index (χ1) is 14.7. The number of alkyl halides is 3. The molecule has 0 N–H and O–H groups in total. The molecule has 0 bridgehead atoms. The number of carbonyl (C=O) groups is 1. The number of benzene rings is 2. The average molecular weight is 449 g/mol. The van der Waals surface area contributed by atoms with E-state index in [1.165, 1.54) is 34.9 Å². The number of anilines is 1. The lowest BCUT2D eigenvalue weighted by Gasteiger charge is -2.23. The van der Waals surface area contributed by atoms with Crippen molar-refractivity contribution in [1.82, 2.24) is 0 Å². The van der Waals surface area contributed by atoms with Crippen LogP contribution in [-0.4, -0.2) is 24.3 Å². The molecule has 1 amide bonds. The third-order valence-electron chi connectivity index (χ3n) is 4.92. The molecule has 1 aliphatic heterocycles. The molecule has 0 saturated carbocycles. The molecule has 162 valence electrons. The van der Waals surface area contributed by atoms with Crippen LogP contribution in [0.5, 0.6) is 5.75 Å². The molecule has 0 fully saturated rings. The van der Waals surface area contributed by atoms with Crippen molar-refractivity contribution in [2.45, 2.75) is 29.7 Å². The SMILES string of the molecule is CC1CCN(C(=O)COc2ccc3ccc(=O)oc3c2)c2cc(C(F)(F)F)ccc2S1. The molecule has 0 spiro atoms. The number of halogens is 3. The fourth-order valence-electron chi connectivity index (χ4n) is 3.32. The van der Waals surface area contributed by atoms with Gasteiger partial charge < -0.3 is 14.1 Å². The van der Waals surface area contributed by atoms with Gasteiger partial charge in [0.15, 0.2) is 6.61 Å². The van der Waals surface area contributed by atoms with E-state index < -0.39 is 23.3 Å². The second-order valence-electron chi connectivity index (χ2n) is 7.19. The number of ether oxygens (including phenoxy) is 1. The maximum absolute atomic E-state index is 13.2. The Morgan fingerprint density at radius 2 is 1.97 bits per heavy atom. The largest absolute Gasteiger partial charge is 0.484 e. The Kier molecular flexibility index (Phi) is 5.70. The van der Waals surface area contributed by atoms with Crippen LogP contribution in [0.2, 0.25) is 0 Å². The zero-order valence-corrected chi connectivity index (χ0v) is 17.3. The van der Waals surface area contributed by atoms with Crippen molar-refractivity contribution in [1.29, 1.82) is 0 Å². The van der Waals surface area contributed by atoms with Gasteiger partial charge in [-0.3, -0.25) is 4.79 Å². The minimum absolute atomic E-state index is 0.151. The molecule has 5 nitrogen and oxygen atoms in total. The van der Waals surface area contributed by atoms with Crippen LogP contribution in [-0.2, 0) is 11.0 Å². The number of fused-ring (bicyclic) bond motifs is 2. The summed E-state index contributed by atoms with van der Waals surface area (Å²) >= 11 is 1.45. The molecule has 0 radical (unpaired) electrons. The molecule has 4 rings (SSSR count). The molecular weight excluding hydrogens is 431 g/mol. The number of carbonyl (C=O) groups excluding carboxylic acids is 1. The highest BCUT2D eigenvalue weighted by atomic mass is 32.2. The zero-order chi connectivity index (χ0) is 22.2. The average Bonchev–Trinajstić information content (AvgIpc) is 2.88. The molecular formula is C22H18F3NO4S. The third-order valence-corrected chi connectivity index (χ3v) is 6.16. The number of nitrogens with zero attached hydrogens (tertiary/aromatic N) is 1. The standard InChI is InChI=1S/C22H18F3NO4S/c1-13-8-9-26(17-10-15(22(23,24)25)4-6-19(17)31-13)20(27)12-29-16-5-2-14-3-7-21(28)30-18(14)11-16/h2-7,10-11,13H,8-9,12H2,1H3. The lowest BCUT2D eigenvalue weighted by Crippen LogP contribution is -2.36. The fourth-order valence-corrected chi connectivity index (χ4v) is 4.42. The van der Waals surface area contributed by atoms with E-state index in [1.807, 2.05) is 6.92 Å². The summed E-state index contributed by atoms with van der Waals surface area (Å²) < 4.78 is 50.3. The summed E-state index contributed by atoms with van der Waals surface area (Å²) in [7, 11) is 0. The van der Waals surface area contributed by atoms with Crippen LogP contribution < -0.4 is 15.3 Å². The molecule has 1 aliphatic rings. The van der Waals surface area contributed by atoms with Gasteiger partial charge in [-0.1, -0.05) is 6.92 Å². The Hall–Kier alpha value is -2.94. The van der Waals surface area contributed by atoms with Crippen molar-refractivity contribution in [3.05, 3.63) is 64.5 Å². The molecule has 0 saturated heterocycles. The molecule has 3 aromatic rings. The van der Waals surface area contributed by atoms with E-state index >= 15 is 0 Å². The second kappa shape index (κ2) is 8.30. The minimum Gasteiger partial charge on any atom is -0.484 e. The first kappa shape index (κ1) is 21.3. The third kappa shape index (κ3) is 4.71. The van der Waals surface area contributed by atoms with Crippen LogP contribution >= 0.6 is 11.8 Å². The van der Waals surface area contributed by atoms with Gasteiger partial charge in [0.25, 0.3) is 5.91 Å². The van der Waals surface area contributed by atoms with E-state index in [0.717, 1.165) is 12.1 Å². The van der Waals surface area contributed by atoms with Crippen molar-refractivity contribution in [2.24, 2.45) is 0 Å². The van der Waals surface area contributed by atoms with Gasteiger partial charge >= 0.3 is 11.8 Å². The van der Waals surface area contributed by atoms with Crippen LogP contribution in [0.4, 0.5) is 18.9 Å². The maximum atomic E-state index is 13.2. The van der Waals surface area contributed by atoms with E-state index in [0.29, 0.717) is 28.0 Å². The summed E-state index contributed by atoms with van der Waals surface area (Å²) in [5, 5.41) is 0.850. The maximum Gasteiger partial charge on any atom is 0.416 e. The monoisotopic (exact) mass is 449 g/mol. The van der Waals surface area contributed by atoms with Crippen molar-refractivity contribution in [3.63, 3.8) is 0 Å². The van der Waals surface area contributed by atoms with E-state index in [9.17, 15) is 22.8 Å². The summed E-state index contributed by atoms with van der Waals surface area (Å²) in [5.74, 6) is -0.137. The number of rotatable bonds is 3. The van der Waals surface area contributed by atoms with E-state index in [1.54, 1.807) is 18.2 Å². The summed E-state index contributed by atoms with van der Waals surface area (Å²) in [6.07, 6.45) is -3.87. The second-order valence-corrected chi connectivity index (χ2v) is 8.67. The van der Waals surface area contributed by atoms with Crippen molar-refractivity contribution < 1.29 is 27.1 Å². The Bertz CT molecular complexity index is 1190. The molecule has 1 aromatic heterocycles. The Labute approximate surface area is 179 Å². The Morgan fingerprint density at radius 3 is 2.74 bits per heavy atom. The van der Waals surface area contributed by atoms with Gasteiger partial charge in [0.1, 0.15) is 11.3 Å². The highest BCUT2D eigenvalue weighted by Gasteiger charge is 2.33. The van der Waals surface area contributed by atoms with Crippen LogP contribution in [0.15, 0.2) is 62.6 Å². The summed E-state index contributed by atoms with van der Waals surface area (Å²) in [5.41, 5.74) is -0.751. The van der Waals surface area contributed by atoms with E-state index in [4.69, 9.17) is 9.15 Å². The molecule has 2 aromatic carbocycles. The number of thioether (sulfide) groups is 1. The zero-order valence-electron chi connectivity index (χ0n) is 16.4. The summed E-state index contributed by atoms with van der Waals surface area (Å²) in [6.45, 7) is 1.90. The van der Waals surface area contributed by atoms with E-state index in [2.05, 4.69) is 0 Å². The van der Waals surface area contributed by atoms with Gasteiger partial charge in [0.05, 0.1) is 11.3 Å². The van der Waals surface area contributed by atoms with Crippen LogP contribution in [0.25, 0.3) is 11.0 Å². The van der Waals surface area contributed by atoms with Gasteiger partial charge in [-0.15, -0.1) is 11.8 Å². The number of amides is 1. The van der Waals surface area contributed by atoms with Crippen molar-refractivity contribution >= 4 is 34.3 Å². The van der Waals surface area contributed by atoms with Crippen LogP contribution in [0, 0.1) is 0 Å². The lowest BCUT2D eigenvalue weighted by molar-refractivity contribution is -0.137.